The van der Waals surface area contributed by atoms with Gasteiger partial charge in [0.2, 0.25) is 0 Å². The van der Waals surface area contributed by atoms with Gasteiger partial charge in [-0.25, -0.2) is 4.79 Å². The van der Waals surface area contributed by atoms with Crippen LogP contribution in [0.3, 0.4) is 0 Å². The van der Waals surface area contributed by atoms with Crippen LogP contribution in [0.1, 0.15) is 22.4 Å². The molecule has 0 unspecified atom stereocenters. The predicted molar refractivity (Wildman–Crippen MR) is 126 cm³/mol. The minimum atomic E-state index is -1.04. The smallest absolute Gasteiger partial charge is 0.412 e. The van der Waals surface area contributed by atoms with Crippen LogP contribution in [0.5, 0.6) is 5.75 Å². The van der Waals surface area contributed by atoms with Gasteiger partial charge in [-0.1, -0.05) is 18.2 Å². The second-order valence-electron chi connectivity index (χ2n) is 7.88. The topological polar surface area (TPSA) is 75.5 Å². The molecule has 1 N–H and O–H groups in total. The van der Waals surface area contributed by atoms with Crippen LogP contribution in [0, 0.1) is 20.8 Å². The fourth-order valence-corrected chi connectivity index (χ4v) is 3.99. The summed E-state index contributed by atoms with van der Waals surface area (Å²) in [5.74, 6) is 0.732. The Hall–Kier alpha value is -3.93. The first-order chi connectivity index (χ1) is 15.4. The summed E-state index contributed by atoms with van der Waals surface area (Å²) in [5.41, 5.74) is 6.87. The van der Waals surface area contributed by atoms with Crippen molar-refractivity contribution < 1.29 is 14.6 Å². The van der Waals surface area contributed by atoms with E-state index in [4.69, 9.17) is 4.74 Å². The van der Waals surface area contributed by atoms with Gasteiger partial charge >= 0.3 is 6.09 Å². The van der Waals surface area contributed by atoms with Crippen LogP contribution in [0.25, 0.3) is 22.0 Å². The number of carboxylic acid groups (broad SMARTS) is 1. The molecule has 2 aromatic heterocycles. The fraction of sp³-hybridized carbons (Fsp3) is 0.192. The number of fused-ring (bicyclic) bond motifs is 1. The van der Waals surface area contributed by atoms with Crippen molar-refractivity contribution in [2.24, 2.45) is 0 Å². The molecule has 6 nitrogen and oxygen atoms in total. The molecule has 4 aromatic rings. The van der Waals surface area contributed by atoms with E-state index < -0.39 is 6.09 Å². The van der Waals surface area contributed by atoms with Crippen molar-refractivity contribution in [2.75, 3.05) is 12.0 Å². The number of ether oxygens (including phenoxy) is 1. The highest BCUT2D eigenvalue weighted by atomic mass is 16.5. The van der Waals surface area contributed by atoms with Gasteiger partial charge in [0.05, 0.1) is 24.9 Å². The quantitative estimate of drug-likeness (QED) is 0.428. The molecule has 0 saturated heterocycles. The predicted octanol–water partition coefficient (Wildman–Crippen LogP) is 5.92. The van der Waals surface area contributed by atoms with E-state index >= 15 is 0 Å². The maximum Gasteiger partial charge on any atom is 0.412 e. The number of rotatable bonds is 5. The van der Waals surface area contributed by atoms with Crippen molar-refractivity contribution >= 4 is 22.7 Å². The molecular weight excluding hydrogens is 402 g/mol. The molecule has 0 radical (unpaired) electrons. The van der Waals surface area contributed by atoms with Crippen LogP contribution in [-0.4, -0.2) is 28.3 Å². The molecule has 4 rings (SSSR count). The average Bonchev–Trinajstić information content (AvgIpc) is 2.78. The van der Waals surface area contributed by atoms with Crippen molar-refractivity contribution in [2.45, 2.75) is 27.3 Å². The summed E-state index contributed by atoms with van der Waals surface area (Å²) in [6.07, 6.45) is 2.45. The number of methoxy groups -OCH3 is 1. The van der Waals surface area contributed by atoms with E-state index in [-0.39, 0.29) is 6.54 Å². The summed E-state index contributed by atoms with van der Waals surface area (Å²) in [6, 6.07) is 15.8. The standard InChI is InChI=1S/C26H25N3O3/c1-16-10-21(19-7-8-23-20(12-19)6-5-9-27-23)13-22(11-16)29(26(30)31)15-24-18(3)25(32-4)17(2)14-28-24/h5-14H,15H2,1-4H3,(H,30,31). The number of hydrogen-bond donors (Lipinski definition) is 1. The van der Waals surface area contributed by atoms with E-state index in [1.807, 2.05) is 57.2 Å². The van der Waals surface area contributed by atoms with Crippen molar-refractivity contribution in [3.8, 4) is 16.9 Å². The highest BCUT2D eigenvalue weighted by Gasteiger charge is 2.20. The molecule has 0 bridgehead atoms. The normalized spacial score (nSPS) is 10.9. The van der Waals surface area contributed by atoms with Crippen molar-refractivity contribution in [3.63, 3.8) is 0 Å². The lowest BCUT2D eigenvalue weighted by Gasteiger charge is -2.22. The number of hydrogen-bond acceptors (Lipinski definition) is 4. The molecule has 0 atom stereocenters. The zero-order valence-electron chi connectivity index (χ0n) is 18.6. The molecular formula is C26H25N3O3. The van der Waals surface area contributed by atoms with Crippen molar-refractivity contribution in [1.29, 1.82) is 0 Å². The zero-order chi connectivity index (χ0) is 22.8. The van der Waals surface area contributed by atoms with Gasteiger partial charge < -0.3 is 9.84 Å². The third-order valence-electron chi connectivity index (χ3n) is 5.60. The van der Waals surface area contributed by atoms with Gasteiger partial charge in [0.1, 0.15) is 5.75 Å². The Labute approximate surface area is 187 Å². The molecule has 0 aliphatic carbocycles. The van der Waals surface area contributed by atoms with E-state index in [0.29, 0.717) is 11.4 Å². The van der Waals surface area contributed by atoms with Crippen LogP contribution in [0.15, 0.2) is 60.9 Å². The lowest BCUT2D eigenvalue weighted by molar-refractivity contribution is 0.201. The van der Waals surface area contributed by atoms with Crippen molar-refractivity contribution in [1.82, 2.24) is 9.97 Å². The minimum Gasteiger partial charge on any atom is -0.496 e. The Morgan fingerprint density at radius 3 is 2.59 bits per heavy atom. The van der Waals surface area contributed by atoms with Crippen LogP contribution < -0.4 is 9.64 Å². The Morgan fingerprint density at radius 1 is 1.03 bits per heavy atom. The summed E-state index contributed by atoms with van der Waals surface area (Å²) in [4.78, 5) is 22.4. The maximum absolute atomic E-state index is 12.2. The van der Waals surface area contributed by atoms with Crippen LogP contribution in [-0.2, 0) is 6.54 Å². The van der Waals surface area contributed by atoms with E-state index in [2.05, 4.69) is 22.1 Å². The molecule has 0 aliphatic heterocycles. The zero-order valence-corrected chi connectivity index (χ0v) is 18.6. The fourth-order valence-electron chi connectivity index (χ4n) is 3.99. The second-order valence-corrected chi connectivity index (χ2v) is 7.88. The molecule has 0 aliphatic rings. The second kappa shape index (κ2) is 8.67. The highest BCUT2D eigenvalue weighted by molar-refractivity contribution is 5.89. The van der Waals surface area contributed by atoms with E-state index in [0.717, 1.165) is 44.5 Å². The molecule has 0 fully saturated rings. The number of amides is 1. The minimum absolute atomic E-state index is 0.127. The van der Waals surface area contributed by atoms with Crippen LogP contribution in [0.2, 0.25) is 0 Å². The van der Waals surface area contributed by atoms with Gasteiger partial charge in [0.15, 0.2) is 0 Å². The number of pyridine rings is 2. The lowest BCUT2D eigenvalue weighted by Crippen LogP contribution is -2.29. The number of aromatic nitrogens is 2. The maximum atomic E-state index is 12.2. The van der Waals surface area contributed by atoms with Crippen LogP contribution in [0.4, 0.5) is 10.5 Å². The number of aryl methyl sites for hydroxylation is 2. The first kappa shape index (κ1) is 21.3. The monoisotopic (exact) mass is 427 g/mol. The molecule has 2 heterocycles. The Kier molecular flexibility index (Phi) is 5.77. The third kappa shape index (κ3) is 4.12. The van der Waals surface area contributed by atoms with Gasteiger partial charge in [-0.05, 0) is 67.8 Å². The average molecular weight is 428 g/mol. The van der Waals surface area contributed by atoms with Gasteiger partial charge in [-0.15, -0.1) is 0 Å². The van der Waals surface area contributed by atoms with E-state index in [1.165, 1.54) is 4.90 Å². The molecule has 6 heteroatoms. The summed E-state index contributed by atoms with van der Waals surface area (Å²) < 4.78 is 5.48. The molecule has 2 aromatic carbocycles. The Bertz CT molecular complexity index is 1320. The lowest BCUT2D eigenvalue weighted by atomic mass is 10.00. The molecule has 0 spiro atoms. The largest absolute Gasteiger partial charge is 0.496 e. The van der Waals surface area contributed by atoms with Gasteiger partial charge in [0.25, 0.3) is 0 Å². The third-order valence-corrected chi connectivity index (χ3v) is 5.60. The first-order valence-corrected chi connectivity index (χ1v) is 10.3. The molecule has 1 amide bonds. The SMILES string of the molecule is COc1c(C)cnc(CN(C(=O)O)c2cc(C)cc(-c3ccc4ncccc4c3)c2)c1C. The van der Waals surface area contributed by atoms with Crippen LogP contribution >= 0.6 is 0 Å². The number of carbonyl (C=O) groups is 1. The molecule has 0 saturated carbocycles. The van der Waals surface area contributed by atoms with Gasteiger partial charge in [0, 0.05) is 34.6 Å². The Morgan fingerprint density at radius 2 is 1.84 bits per heavy atom. The van der Waals surface area contributed by atoms with Gasteiger partial charge in [-0.3, -0.25) is 14.9 Å². The first-order valence-electron chi connectivity index (χ1n) is 10.3. The summed E-state index contributed by atoms with van der Waals surface area (Å²) >= 11 is 0. The Balaban J connectivity index is 1.75. The summed E-state index contributed by atoms with van der Waals surface area (Å²) in [7, 11) is 1.61. The van der Waals surface area contributed by atoms with Gasteiger partial charge in [-0.2, -0.15) is 0 Å². The number of nitrogens with zero attached hydrogens (tertiary/aromatic N) is 3. The molecule has 32 heavy (non-hydrogen) atoms. The highest BCUT2D eigenvalue weighted by Crippen LogP contribution is 2.31. The number of anilines is 1. The van der Waals surface area contributed by atoms with Crippen molar-refractivity contribution in [3.05, 3.63) is 83.3 Å². The summed E-state index contributed by atoms with van der Waals surface area (Å²) in [6.45, 7) is 5.92. The van der Waals surface area contributed by atoms with E-state index in [1.54, 1.807) is 19.5 Å². The number of benzene rings is 2. The van der Waals surface area contributed by atoms with E-state index in [9.17, 15) is 9.90 Å². The molecule has 162 valence electrons. The summed E-state index contributed by atoms with van der Waals surface area (Å²) in [5, 5.41) is 11.0.